The van der Waals surface area contributed by atoms with E-state index in [4.69, 9.17) is 5.73 Å². The predicted octanol–water partition coefficient (Wildman–Crippen LogP) is 1.08. The van der Waals surface area contributed by atoms with Crippen molar-refractivity contribution in [3.05, 3.63) is 0 Å². The van der Waals surface area contributed by atoms with Gasteiger partial charge in [0.25, 0.3) is 0 Å². The highest BCUT2D eigenvalue weighted by Gasteiger charge is 2.54. The Balaban J connectivity index is 1.68. The lowest BCUT2D eigenvalue weighted by Gasteiger charge is -2.19. The summed E-state index contributed by atoms with van der Waals surface area (Å²) in [6.07, 6.45) is -4.69. The first-order valence-corrected chi connectivity index (χ1v) is 5.00. The van der Waals surface area contributed by atoms with Gasteiger partial charge in [0.05, 0.1) is 6.42 Å². The smallest absolute Gasteiger partial charge is 0.330 e. The lowest BCUT2D eigenvalue weighted by Crippen LogP contribution is -2.29. The minimum atomic E-state index is -4.01. The van der Waals surface area contributed by atoms with E-state index in [-0.39, 0.29) is 6.54 Å². The lowest BCUT2D eigenvalue weighted by molar-refractivity contribution is -0.137. The van der Waals surface area contributed by atoms with E-state index in [2.05, 4.69) is 0 Å². The predicted molar refractivity (Wildman–Crippen MR) is 46.6 cm³/mol. The number of nitrogens with two attached hydrogens (primary N) is 1. The molecule has 2 nitrogen and oxygen atoms in total. The highest BCUT2D eigenvalue weighted by Crippen LogP contribution is 2.50. The largest absolute Gasteiger partial charge is 0.390 e. The van der Waals surface area contributed by atoms with Crippen LogP contribution < -0.4 is 5.73 Å². The molecule has 0 bridgehead atoms. The van der Waals surface area contributed by atoms with E-state index in [9.17, 15) is 13.2 Å². The second kappa shape index (κ2) is 3.38. The maximum absolute atomic E-state index is 11.9. The average Bonchev–Trinajstić information content (AvgIpc) is 2.54. The van der Waals surface area contributed by atoms with Gasteiger partial charge in [-0.3, -0.25) is 0 Å². The molecule has 14 heavy (non-hydrogen) atoms. The van der Waals surface area contributed by atoms with Crippen molar-refractivity contribution in [2.45, 2.75) is 12.6 Å². The molecule has 0 aromatic carbocycles. The molecule has 1 aliphatic heterocycles. The normalized spacial score (nSPS) is 37.3. The Morgan fingerprint density at radius 2 is 1.79 bits per heavy atom. The maximum atomic E-state index is 11.9. The third kappa shape index (κ3) is 2.03. The van der Waals surface area contributed by atoms with Gasteiger partial charge in [-0.05, 0) is 24.3 Å². The van der Waals surface area contributed by atoms with E-state index in [0.29, 0.717) is 24.3 Å². The van der Waals surface area contributed by atoms with E-state index >= 15 is 0 Å². The molecule has 0 spiro atoms. The highest BCUT2D eigenvalue weighted by atomic mass is 19.4. The van der Waals surface area contributed by atoms with Gasteiger partial charge in [-0.1, -0.05) is 0 Å². The monoisotopic (exact) mass is 208 g/mol. The van der Waals surface area contributed by atoms with Crippen molar-refractivity contribution in [2.24, 2.45) is 23.5 Å². The number of alkyl halides is 3. The Kier molecular flexibility index (Phi) is 2.47. The summed E-state index contributed by atoms with van der Waals surface area (Å²) in [5.41, 5.74) is 5.51. The second-order valence-electron chi connectivity index (χ2n) is 4.35. The van der Waals surface area contributed by atoms with Crippen LogP contribution in [0.15, 0.2) is 0 Å². The molecule has 2 unspecified atom stereocenters. The molecule has 0 aromatic rings. The fourth-order valence-corrected chi connectivity index (χ4v) is 2.55. The average molecular weight is 208 g/mol. The van der Waals surface area contributed by atoms with Crippen LogP contribution in [0, 0.1) is 17.8 Å². The first-order valence-electron chi connectivity index (χ1n) is 5.00. The molecule has 0 aromatic heterocycles. The van der Waals surface area contributed by atoms with Gasteiger partial charge in [0.2, 0.25) is 0 Å². The minimum Gasteiger partial charge on any atom is -0.330 e. The van der Waals surface area contributed by atoms with Gasteiger partial charge in [0.1, 0.15) is 0 Å². The van der Waals surface area contributed by atoms with Crippen LogP contribution in [0.4, 0.5) is 13.2 Å². The quantitative estimate of drug-likeness (QED) is 0.751. The number of rotatable bonds is 3. The minimum absolute atomic E-state index is 0.161. The molecule has 0 amide bonds. The summed E-state index contributed by atoms with van der Waals surface area (Å²) < 4.78 is 35.7. The molecular weight excluding hydrogens is 193 g/mol. The van der Waals surface area contributed by atoms with Gasteiger partial charge in [-0.15, -0.1) is 0 Å². The van der Waals surface area contributed by atoms with Crippen molar-refractivity contribution in [2.75, 3.05) is 26.2 Å². The second-order valence-corrected chi connectivity index (χ2v) is 4.35. The van der Waals surface area contributed by atoms with Crippen LogP contribution in [0.5, 0.6) is 0 Å². The molecule has 2 atom stereocenters. The van der Waals surface area contributed by atoms with Crippen LogP contribution in [0.1, 0.15) is 6.42 Å². The van der Waals surface area contributed by atoms with Crippen molar-refractivity contribution < 1.29 is 13.2 Å². The molecule has 2 fully saturated rings. The van der Waals surface area contributed by atoms with Crippen LogP contribution in [0.2, 0.25) is 0 Å². The summed E-state index contributed by atoms with van der Waals surface area (Å²) in [6.45, 7) is 2.50. The maximum Gasteiger partial charge on any atom is 0.390 e. The molecular formula is C9H15F3N2. The Morgan fingerprint density at radius 1 is 1.21 bits per heavy atom. The number of likely N-dealkylation sites (tertiary alicyclic amines) is 1. The van der Waals surface area contributed by atoms with Crippen LogP contribution in [0.3, 0.4) is 0 Å². The van der Waals surface area contributed by atoms with Crippen molar-refractivity contribution in [3.63, 3.8) is 0 Å². The Bertz CT molecular complexity index is 205. The molecule has 2 aliphatic rings. The van der Waals surface area contributed by atoms with Gasteiger partial charge in [-0.2, -0.15) is 13.2 Å². The fraction of sp³-hybridized carbons (Fsp3) is 1.00. The van der Waals surface area contributed by atoms with E-state index < -0.39 is 12.6 Å². The van der Waals surface area contributed by atoms with E-state index in [1.54, 1.807) is 0 Å². The standard InChI is InChI=1S/C9H15F3N2/c10-9(11,12)1-2-14-4-7-6(3-13)8(7)5-14/h6-8H,1-5,13H2. The number of nitrogens with zero attached hydrogens (tertiary/aromatic N) is 1. The molecule has 1 saturated heterocycles. The van der Waals surface area contributed by atoms with Gasteiger partial charge in [0, 0.05) is 19.6 Å². The number of halogens is 3. The summed E-state index contributed by atoms with van der Waals surface area (Å²) in [4.78, 5) is 1.91. The van der Waals surface area contributed by atoms with Crippen LogP contribution in [0.25, 0.3) is 0 Å². The molecule has 2 rings (SSSR count). The van der Waals surface area contributed by atoms with Crippen molar-refractivity contribution in [1.29, 1.82) is 0 Å². The summed E-state index contributed by atoms with van der Waals surface area (Å²) in [6, 6.07) is 0. The first-order chi connectivity index (χ1) is 6.51. The SMILES string of the molecule is NCC1C2CN(CCC(F)(F)F)CC12. The van der Waals surface area contributed by atoms with Crippen molar-refractivity contribution in [1.82, 2.24) is 4.90 Å². The van der Waals surface area contributed by atoms with Gasteiger partial charge in [0.15, 0.2) is 0 Å². The molecule has 5 heteroatoms. The summed E-state index contributed by atoms with van der Waals surface area (Å²) in [7, 11) is 0. The third-order valence-corrected chi connectivity index (χ3v) is 3.43. The van der Waals surface area contributed by atoms with Gasteiger partial charge in [-0.25, -0.2) is 0 Å². The highest BCUT2D eigenvalue weighted by molar-refractivity contribution is 5.05. The summed E-state index contributed by atoms with van der Waals surface area (Å²) in [5.74, 6) is 1.78. The zero-order valence-corrected chi connectivity index (χ0v) is 7.93. The molecule has 2 N–H and O–H groups in total. The third-order valence-electron chi connectivity index (χ3n) is 3.43. The Hall–Kier alpha value is -0.290. The van der Waals surface area contributed by atoms with Crippen LogP contribution in [-0.4, -0.2) is 37.3 Å². The zero-order valence-electron chi connectivity index (χ0n) is 7.93. The lowest BCUT2D eigenvalue weighted by atomic mass is 10.2. The number of piperidine rings is 1. The van der Waals surface area contributed by atoms with Crippen LogP contribution in [-0.2, 0) is 0 Å². The number of fused-ring (bicyclic) bond motifs is 1. The zero-order chi connectivity index (χ0) is 10.3. The Morgan fingerprint density at radius 3 is 2.21 bits per heavy atom. The number of hydrogen-bond acceptors (Lipinski definition) is 2. The molecule has 1 saturated carbocycles. The molecule has 1 aliphatic carbocycles. The van der Waals surface area contributed by atoms with Crippen molar-refractivity contribution in [3.8, 4) is 0 Å². The number of hydrogen-bond donors (Lipinski definition) is 1. The first kappa shape index (κ1) is 10.2. The van der Waals surface area contributed by atoms with E-state index in [1.165, 1.54) is 0 Å². The van der Waals surface area contributed by atoms with Gasteiger partial charge >= 0.3 is 6.18 Å². The van der Waals surface area contributed by atoms with E-state index in [0.717, 1.165) is 13.1 Å². The van der Waals surface area contributed by atoms with Gasteiger partial charge < -0.3 is 10.6 Å². The van der Waals surface area contributed by atoms with Crippen LogP contribution >= 0.6 is 0 Å². The summed E-state index contributed by atoms with van der Waals surface area (Å²) >= 11 is 0. The molecule has 82 valence electrons. The topological polar surface area (TPSA) is 29.3 Å². The fourth-order valence-electron chi connectivity index (χ4n) is 2.55. The summed E-state index contributed by atoms with van der Waals surface area (Å²) in [5, 5.41) is 0. The Labute approximate surface area is 81.2 Å². The van der Waals surface area contributed by atoms with Crippen molar-refractivity contribution >= 4 is 0 Å². The molecule has 1 heterocycles. The van der Waals surface area contributed by atoms with E-state index in [1.807, 2.05) is 4.90 Å². The molecule has 0 radical (unpaired) electrons.